The van der Waals surface area contributed by atoms with Crippen LogP contribution in [-0.2, 0) is 25.6 Å². The van der Waals surface area contributed by atoms with Crippen molar-refractivity contribution in [3.05, 3.63) is 35.4 Å². The fourth-order valence-electron chi connectivity index (χ4n) is 4.34. The lowest BCUT2D eigenvalue weighted by Gasteiger charge is -2.36. The van der Waals surface area contributed by atoms with Crippen LogP contribution < -0.4 is 0 Å². The highest BCUT2D eigenvalue weighted by atomic mass is 16.7. The van der Waals surface area contributed by atoms with Crippen LogP contribution in [0, 0.1) is 18.8 Å². The first-order valence-electron chi connectivity index (χ1n) is 9.95. The maximum Gasteiger partial charge on any atom is 0.228 e. The Bertz CT molecular complexity index is 684. The standard InChI is InChI=1S/C21H28N2O4/c1-15-4-6-16(7-5-15)12-23-14-18(11-19(23)24)20(25)22-8-2-3-17(13-22)21-26-9-10-27-21/h4-7,17-18,21H,2-3,8-14H2,1H3. The van der Waals surface area contributed by atoms with Crippen LogP contribution in [0.25, 0.3) is 0 Å². The van der Waals surface area contributed by atoms with Crippen LogP contribution in [0.15, 0.2) is 24.3 Å². The molecule has 3 aliphatic heterocycles. The predicted molar refractivity (Wildman–Crippen MR) is 99.7 cm³/mol. The molecule has 4 rings (SSSR count). The molecule has 0 radical (unpaired) electrons. The van der Waals surface area contributed by atoms with Gasteiger partial charge in [0.2, 0.25) is 11.8 Å². The van der Waals surface area contributed by atoms with Gasteiger partial charge in [-0.1, -0.05) is 29.8 Å². The molecule has 1 aromatic rings. The van der Waals surface area contributed by atoms with Crippen LogP contribution in [0.2, 0.25) is 0 Å². The summed E-state index contributed by atoms with van der Waals surface area (Å²) in [5, 5.41) is 0. The number of carbonyl (C=O) groups is 2. The van der Waals surface area contributed by atoms with E-state index in [1.165, 1.54) is 5.56 Å². The minimum atomic E-state index is -0.230. The average molecular weight is 372 g/mol. The number of rotatable bonds is 4. The first-order valence-corrected chi connectivity index (χ1v) is 9.95. The summed E-state index contributed by atoms with van der Waals surface area (Å²) in [4.78, 5) is 29.2. The quantitative estimate of drug-likeness (QED) is 0.811. The Labute approximate surface area is 160 Å². The number of aryl methyl sites for hydroxylation is 1. The van der Waals surface area contributed by atoms with Gasteiger partial charge >= 0.3 is 0 Å². The van der Waals surface area contributed by atoms with Gasteiger partial charge in [0.1, 0.15) is 0 Å². The zero-order valence-corrected chi connectivity index (χ0v) is 15.9. The molecule has 6 nitrogen and oxygen atoms in total. The summed E-state index contributed by atoms with van der Waals surface area (Å²) in [6, 6.07) is 8.21. The normalized spacial score (nSPS) is 26.8. The molecular weight excluding hydrogens is 344 g/mol. The van der Waals surface area contributed by atoms with Crippen LogP contribution in [0.5, 0.6) is 0 Å². The molecule has 1 aromatic carbocycles. The third-order valence-electron chi connectivity index (χ3n) is 5.86. The Balaban J connectivity index is 1.34. The number of carbonyl (C=O) groups excluding carboxylic acids is 2. The number of nitrogens with zero attached hydrogens (tertiary/aromatic N) is 2. The van der Waals surface area contributed by atoms with Crippen molar-refractivity contribution in [2.24, 2.45) is 11.8 Å². The molecular formula is C21H28N2O4. The number of benzene rings is 1. The molecule has 0 saturated carbocycles. The van der Waals surface area contributed by atoms with Gasteiger partial charge in [0.05, 0.1) is 19.1 Å². The van der Waals surface area contributed by atoms with Crippen molar-refractivity contribution in [1.82, 2.24) is 9.80 Å². The van der Waals surface area contributed by atoms with Gasteiger partial charge in [-0.3, -0.25) is 9.59 Å². The monoisotopic (exact) mass is 372 g/mol. The number of ether oxygens (including phenoxy) is 2. The van der Waals surface area contributed by atoms with Crippen molar-refractivity contribution in [3.8, 4) is 0 Å². The van der Waals surface area contributed by atoms with Crippen LogP contribution >= 0.6 is 0 Å². The van der Waals surface area contributed by atoms with Gasteiger partial charge in [-0.2, -0.15) is 0 Å². The second-order valence-corrected chi connectivity index (χ2v) is 7.96. The summed E-state index contributed by atoms with van der Waals surface area (Å²) in [6.45, 7) is 5.86. The second kappa shape index (κ2) is 7.98. The van der Waals surface area contributed by atoms with Crippen molar-refractivity contribution in [2.75, 3.05) is 32.8 Å². The van der Waals surface area contributed by atoms with Crippen LogP contribution in [-0.4, -0.2) is 60.8 Å². The van der Waals surface area contributed by atoms with Gasteiger partial charge in [0.25, 0.3) is 0 Å². The number of hydrogen-bond acceptors (Lipinski definition) is 4. The maximum atomic E-state index is 13.0. The molecule has 0 bridgehead atoms. The molecule has 0 N–H and O–H groups in total. The van der Waals surface area contributed by atoms with Gasteiger partial charge in [0.15, 0.2) is 6.29 Å². The molecule has 27 heavy (non-hydrogen) atoms. The minimum absolute atomic E-state index is 0.0740. The number of amides is 2. The van der Waals surface area contributed by atoms with Gasteiger partial charge in [-0.05, 0) is 25.3 Å². The Morgan fingerprint density at radius 3 is 2.63 bits per heavy atom. The Morgan fingerprint density at radius 1 is 1.15 bits per heavy atom. The summed E-state index contributed by atoms with van der Waals surface area (Å²) >= 11 is 0. The summed E-state index contributed by atoms with van der Waals surface area (Å²) in [5.41, 5.74) is 2.31. The van der Waals surface area contributed by atoms with Crippen LogP contribution in [0.3, 0.4) is 0 Å². The molecule has 0 aliphatic carbocycles. The molecule has 2 amide bonds. The first-order chi connectivity index (χ1) is 13.1. The summed E-state index contributed by atoms with van der Waals surface area (Å²) < 4.78 is 11.3. The molecule has 3 saturated heterocycles. The first kappa shape index (κ1) is 18.4. The van der Waals surface area contributed by atoms with E-state index in [9.17, 15) is 9.59 Å². The van der Waals surface area contributed by atoms with Crippen LogP contribution in [0.4, 0.5) is 0 Å². The summed E-state index contributed by atoms with van der Waals surface area (Å²) in [5.74, 6) is 0.195. The number of piperidine rings is 1. The van der Waals surface area contributed by atoms with Crippen molar-refractivity contribution < 1.29 is 19.1 Å². The third-order valence-corrected chi connectivity index (χ3v) is 5.86. The minimum Gasteiger partial charge on any atom is -0.350 e. The third kappa shape index (κ3) is 4.17. The molecule has 0 spiro atoms. The highest BCUT2D eigenvalue weighted by Crippen LogP contribution is 2.28. The smallest absolute Gasteiger partial charge is 0.228 e. The highest BCUT2D eigenvalue weighted by molar-refractivity contribution is 5.89. The van der Waals surface area contributed by atoms with Crippen LogP contribution in [0.1, 0.15) is 30.4 Å². The zero-order valence-electron chi connectivity index (χ0n) is 15.9. The van der Waals surface area contributed by atoms with Gasteiger partial charge in [-0.25, -0.2) is 0 Å². The number of hydrogen-bond donors (Lipinski definition) is 0. The van der Waals surface area contributed by atoms with Gasteiger partial charge < -0.3 is 19.3 Å². The fraction of sp³-hybridized carbons (Fsp3) is 0.619. The van der Waals surface area contributed by atoms with E-state index in [2.05, 4.69) is 24.3 Å². The lowest BCUT2D eigenvalue weighted by Crippen LogP contribution is -2.46. The largest absolute Gasteiger partial charge is 0.350 e. The van der Waals surface area contributed by atoms with E-state index in [1.54, 1.807) is 0 Å². The zero-order chi connectivity index (χ0) is 18.8. The van der Waals surface area contributed by atoms with Crippen molar-refractivity contribution in [3.63, 3.8) is 0 Å². The van der Waals surface area contributed by atoms with Gasteiger partial charge in [-0.15, -0.1) is 0 Å². The van der Waals surface area contributed by atoms with E-state index >= 15 is 0 Å². The lowest BCUT2D eigenvalue weighted by molar-refractivity contribution is -0.143. The van der Waals surface area contributed by atoms with Crippen molar-refractivity contribution in [2.45, 2.75) is 39.0 Å². The summed E-state index contributed by atoms with van der Waals surface area (Å²) in [7, 11) is 0. The van der Waals surface area contributed by atoms with Crippen molar-refractivity contribution in [1.29, 1.82) is 0 Å². The van der Waals surface area contributed by atoms with Gasteiger partial charge in [0, 0.05) is 38.5 Å². The molecule has 3 heterocycles. The average Bonchev–Trinajstić information content (AvgIpc) is 3.34. The molecule has 2 atom stereocenters. The SMILES string of the molecule is Cc1ccc(CN2CC(C(=O)N3CCCC(C4OCCO4)C3)CC2=O)cc1. The fourth-order valence-corrected chi connectivity index (χ4v) is 4.34. The topological polar surface area (TPSA) is 59.1 Å². The molecule has 2 unspecified atom stereocenters. The second-order valence-electron chi connectivity index (χ2n) is 7.96. The van der Waals surface area contributed by atoms with E-state index in [0.717, 1.165) is 24.9 Å². The van der Waals surface area contributed by atoms with Crippen molar-refractivity contribution >= 4 is 11.8 Å². The molecule has 0 aromatic heterocycles. The van der Waals surface area contributed by atoms with E-state index in [1.807, 2.05) is 16.7 Å². The molecule has 3 aliphatic rings. The Hall–Kier alpha value is -1.92. The Morgan fingerprint density at radius 2 is 1.89 bits per heavy atom. The van der Waals surface area contributed by atoms with E-state index < -0.39 is 0 Å². The molecule has 6 heteroatoms. The molecule has 146 valence electrons. The van der Waals surface area contributed by atoms with E-state index in [4.69, 9.17) is 9.47 Å². The Kier molecular flexibility index (Phi) is 5.45. The molecule has 3 fully saturated rings. The number of likely N-dealkylation sites (tertiary alicyclic amines) is 2. The maximum absolute atomic E-state index is 13.0. The lowest BCUT2D eigenvalue weighted by atomic mass is 9.95. The summed E-state index contributed by atoms with van der Waals surface area (Å²) in [6.07, 6.45) is 2.14. The predicted octanol–water partition coefficient (Wildman–Crippen LogP) is 1.96. The van der Waals surface area contributed by atoms with E-state index in [-0.39, 0.29) is 29.9 Å². The highest BCUT2D eigenvalue weighted by Gasteiger charge is 2.39. The van der Waals surface area contributed by atoms with E-state index in [0.29, 0.717) is 39.3 Å².